The van der Waals surface area contributed by atoms with Gasteiger partial charge in [-0.25, -0.2) is 12.8 Å². The molecular formula is C14H12ClFN2O6S. The molecule has 0 spiro atoms. The van der Waals surface area contributed by atoms with Crippen molar-refractivity contribution in [3.63, 3.8) is 0 Å². The number of ether oxygens (including phenoxy) is 1. The van der Waals surface area contributed by atoms with Crippen LogP contribution in [-0.4, -0.2) is 31.7 Å². The number of hydrogen-bond acceptors (Lipinski definition) is 6. The van der Waals surface area contributed by atoms with Gasteiger partial charge in [-0.3, -0.25) is 14.8 Å². The number of aliphatic hydroxyl groups is 1. The highest BCUT2D eigenvalue weighted by atomic mass is 35.5. The summed E-state index contributed by atoms with van der Waals surface area (Å²) in [6, 6.07) is 6.07. The van der Waals surface area contributed by atoms with Gasteiger partial charge in [0.2, 0.25) is 0 Å². The van der Waals surface area contributed by atoms with Crippen LogP contribution in [0.4, 0.5) is 15.8 Å². The molecule has 0 radical (unpaired) electrons. The number of halogens is 2. The molecule has 0 saturated heterocycles. The molecule has 0 unspecified atom stereocenters. The molecule has 0 fully saturated rings. The highest BCUT2D eigenvalue weighted by molar-refractivity contribution is 7.92. The van der Waals surface area contributed by atoms with E-state index in [9.17, 15) is 22.9 Å². The van der Waals surface area contributed by atoms with Gasteiger partial charge in [0.15, 0.2) is 0 Å². The summed E-state index contributed by atoms with van der Waals surface area (Å²) in [5.74, 6) is -0.806. The molecule has 0 amide bonds. The monoisotopic (exact) mass is 390 g/mol. The van der Waals surface area contributed by atoms with E-state index in [0.29, 0.717) is 0 Å². The van der Waals surface area contributed by atoms with Crippen LogP contribution in [0.3, 0.4) is 0 Å². The maximum Gasteiger partial charge on any atom is 0.289 e. The maximum absolute atomic E-state index is 13.3. The number of aliphatic hydroxyl groups excluding tert-OH is 1. The SMILES string of the molecule is O=[N+]([O-])c1cc(S(=O)(=O)Nc2ccc(F)cc2OCCO)ccc1Cl. The standard InChI is InChI=1S/C14H12ClFN2O6S/c15-11-3-2-10(8-13(11)18(20)21)25(22,23)17-12-4-1-9(16)7-14(12)24-6-5-19/h1-4,7-8,17,19H,5-6H2. The molecule has 0 bridgehead atoms. The van der Waals surface area contributed by atoms with Crippen molar-refractivity contribution >= 4 is 33.0 Å². The van der Waals surface area contributed by atoms with Crippen LogP contribution in [0.25, 0.3) is 0 Å². The lowest BCUT2D eigenvalue weighted by Crippen LogP contribution is -2.15. The summed E-state index contributed by atoms with van der Waals surface area (Å²) in [4.78, 5) is 9.68. The van der Waals surface area contributed by atoms with E-state index in [1.807, 2.05) is 0 Å². The summed E-state index contributed by atoms with van der Waals surface area (Å²) in [6.07, 6.45) is 0. The summed E-state index contributed by atoms with van der Waals surface area (Å²) < 4.78 is 45.4. The Morgan fingerprint density at radius 1 is 1.28 bits per heavy atom. The van der Waals surface area contributed by atoms with Crippen LogP contribution < -0.4 is 9.46 Å². The first-order chi connectivity index (χ1) is 11.7. The van der Waals surface area contributed by atoms with Crippen LogP contribution >= 0.6 is 11.6 Å². The fraction of sp³-hybridized carbons (Fsp3) is 0.143. The Labute approximate surface area is 147 Å². The molecule has 2 aromatic carbocycles. The van der Waals surface area contributed by atoms with Gasteiger partial charge in [0.1, 0.15) is 23.2 Å². The molecule has 2 N–H and O–H groups in total. The second kappa shape index (κ2) is 7.64. The molecule has 0 aromatic heterocycles. The van der Waals surface area contributed by atoms with Gasteiger partial charge in [-0.2, -0.15) is 0 Å². The fourth-order valence-corrected chi connectivity index (χ4v) is 3.14. The Morgan fingerprint density at radius 3 is 2.64 bits per heavy atom. The molecule has 0 heterocycles. The predicted octanol–water partition coefficient (Wildman–Crippen LogP) is 2.56. The largest absolute Gasteiger partial charge is 0.489 e. The number of hydrogen-bond donors (Lipinski definition) is 2. The molecule has 25 heavy (non-hydrogen) atoms. The zero-order valence-electron chi connectivity index (χ0n) is 12.5. The molecule has 2 rings (SSSR count). The molecule has 0 atom stereocenters. The second-order valence-corrected chi connectivity index (χ2v) is 6.78. The minimum absolute atomic E-state index is 0.0903. The minimum atomic E-state index is -4.22. The number of rotatable bonds is 7. The first kappa shape index (κ1) is 18.9. The Morgan fingerprint density at radius 2 is 2.00 bits per heavy atom. The van der Waals surface area contributed by atoms with Crippen molar-refractivity contribution in [1.82, 2.24) is 0 Å². The summed E-state index contributed by atoms with van der Waals surface area (Å²) in [5.41, 5.74) is -0.659. The number of nitro benzene ring substituents is 1. The van der Waals surface area contributed by atoms with Crippen molar-refractivity contribution in [3.05, 3.63) is 57.4 Å². The van der Waals surface area contributed by atoms with E-state index in [1.54, 1.807) is 0 Å². The number of nitrogens with zero attached hydrogens (tertiary/aromatic N) is 1. The van der Waals surface area contributed by atoms with E-state index in [1.165, 1.54) is 0 Å². The van der Waals surface area contributed by atoms with Crippen LogP contribution in [0.5, 0.6) is 5.75 Å². The summed E-state index contributed by atoms with van der Waals surface area (Å²) in [6.45, 7) is -0.531. The van der Waals surface area contributed by atoms with Gasteiger partial charge in [0.05, 0.1) is 22.1 Å². The van der Waals surface area contributed by atoms with E-state index in [-0.39, 0.29) is 29.7 Å². The van der Waals surface area contributed by atoms with Crippen molar-refractivity contribution in [2.24, 2.45) is 0 Å². The van der Waals surface area contributed by atoms with Crippen molar-refractivity contribution in [2.75, 3.05) is 17.9 Å². The lowest BCUT2D eigenvalue weighted by Gasteiger charge is -2.13. The van der Waals surface area contributed by atoms with Crippen LogP contribution in [0.2, 0.25) is 5.02 Å². The van der Waals surface area contributed by atoms with E-state index >= 15 is 0 Å². The number of sulfonamides is 1. The normalized spacial score (nSPS) is 11.2. The zero-order valence-corrected chi connectivity index (χ0v) is 14.1. The number of anilines is 1. The molecular weight excluding hydrogens is 379 g/mol. The van der Waals surface area contributed by atoms with Gasteiger partial charge in [-0.05, 0) is 24.3 Å². The molecule has 0 aliphatic rings. The Hall–Kier alpha value is -2.43. The van der Waals surface area contributed by atoms with Gasteiger partial charge >= 0.3 is 0 Å². The van der Waals surface area contributed by atoms with Crippen LogP contribution in [0.15, 0.2) is 41.3 Å². The van der Waals surface area contributed by atoms with E-state index in [2.05, 4.69) is 4.72 Å². The smallest absolute Gasteiger partial charge is 0.289 e. The quantitative estimate of drug-likeness (QED) is 0.554. The van der Waals surface area contributed by atoms with Crippen molar-refractivity contribution in [2.45, 2.75) is 4.90 Å². The van der Waals surface area contributed by atoms with Crippen molar-refractivity contribution in [1.29, 1.82) is 0 Å². The van der Waals surface area contributed by atoms with E-state index in [0.717, 1.165) is 36.4 Å². The average Bonchev–Trinajstić information content (AvgIpc) is 2.54. The maximum atomic E-state index is 13.3. The lowest BCUT2D eigenvalue weighted by molar-refractivity contribution is -0.384. The summed E-state index contributed by atoms with van der Waals surface area (Å²) in [7, 11) is -4.22. The van der Waals surface area contributed by atoms with Gasteiger partial charge < -0.3 is 9.84 Å². The second-order valence-electron chi connectivity index (χ2n) is 4.69. The van der Waals surface area contributed by atoms with Gasteiger partial charge in [0, 0.05) is 12.1 Å². The summed E-state index contributed by atoms with van der Waals surface area (Å²) >= 11 is 5.66. The Balaban J connectivity index is 2.39. The number of benzene rings is 2. The molecule has 0 aliphatic carbocycles. The van der Waals surface area contributed by atoms with E-state index < -0.39 is 31.3 Å². The lowest BCUT2D eigenvalue weighted by atomic mass is 10.3. The average molecular weight is 391 g/mol. The fourth-order valence-electron chi connectivity index (χ4n) is 1.86. The number of nitrogens with one attached hydrogen (secondary N) is 1. The Bertz CT molecular complexity index is 906. The molecule has 0 aliphatic heterocycles. The highest BCUT2D eigenvalue weighted by Gasteiger charge is 2.22. The molecule has 134 valence electrons. The molecule has 0 saturated carbocycles. The van der Waals surface area contributed by atoms with Gasteiger partial charge in [0.25, 0.3) is 15.7 Å². The first-order valence-corrected chi connectivity index (χ1v) is 8.60. The summed E-state index contributed by atoms with van der Waals surface area (Å²) in [5, 5.41) is 19.5. The highest BCUT2D eigenvalue weighted by Crippen LogP contribution is 2.31. The molecule has 2 aromatic rings. The predicted molar refractivity (Wildman–Crippen MR) is 87.9 cm³/mol. The van der Waals surface area contributed by atoms with Gasteiger partial charge in [-0.1, -0.05) is 11.6 Å². The van der Waals surface area contributed by atoms with E-state index in [4.69, 9.17) is 21.4 Å². The topological polar surface area (TPSA) is 119 Å². The van der Waals surface area contributed by atoms with Crippen LogP contribution in [0.1, 0.15) is 0 Å². The molecule has 11 heteroatoms. The van der Waals surface area contributed by atoms with Gasteiger partial charge in [-0.15, -0.1) is 0 Å². The molecule has 8 nitrogen and oxygen atoms in total. The number of nitro groups is 1. The van der Waals surface area contributed by atoms with Crippen molar-refractivity contribution < 1.29 is 27.6 Å². The van der Waals surface area contributed by atoms with Crippen LogP contribution in [-0.2, 0) is 10.0 Å². The van der Waals surface area contributed by atoms with Crippen LogP contribution in [0, 0.1) is 15.9 Å². The Kier molecular flexibility index (Phi) is 5.77. The van der Waals surface area contributed by atoms with Crippen molar-refractivity contribution in [3.8, 4) is 5.75 Å². The minimum Gasteiger partial charge on any atom is -0.489 e. The third-order valence-electron chi connectivity index (χ3n) is 2.96. The third kappa shape index (κ3) is 4.56. The third-order valence-corrected chi connectivity index (χ3v) is 4.64. The first-order valence-electron chi connectivity index (χ1n) is 6.74. The zero-order chi connectivity index (χ0) is 18.6.